The van der Waals surface area contributed by atoms with Crippen LogP contribution >= 0.6 is 0 Å². The molecule has 1 aromatic rings. The number of ether oxygens (including phenoxy) is 1. The van der Waals surface area contributed by atoms with Crippen molar-refractivity contribution in [2.75, 3.05) is 0 Å². The monoisotopic (exact) mass is 308 g/mol. The molecule has 0 aliphatic carbocycles. The highest BCUT2D eigenvalue weighted by molar-refractivity contribution is 6.28. The van der Waals surface area contributed by atoms with Crippen LogP contribution in [0.3, 0.4) is 0 Å². The lowest BCUT2D eigenvalue weighted by Gasteiger charge is -2.27. The molecule has 0 bridgehead atoms. The van der Waals surface area contributed by atoms with Crippen LogP contribution in [-0.2, 0) is 26.5 Å². The maximum atomic E-state index is 11.9. The summed E-state index contributed by atoms with van der Waals surface area (Å²) in [6, 6.07) is 0. The van der Waals surface area contributed by atoms with E-state index in [0.717, 1.165) is 0 Å². The van der Waals surface area contributed by atoms with Crippen LogP contribution < -0.4 is 11.5 Å². The fraction of sp³-hybridized carbons (Fsp3) is 0.571. The molecule has 0 saturated heterocycles. The third-order valence-electron chi connectivity index (χ3n) is 3.70. The second kappa shape index (κ2) is 5.20. The number of carbonyl (C=O) groups is 2. The average molecular weight is 308 g/mol. The van der Waals surface area contributed by atoms with E-state index >= 15 is 0 Å². The molecular formula is C14H20N4O4. The van der Waals surface area contributed by atoms with E-state index in [-0.39, 0.29) is 12.1 Å². The largest absolute Gasteiger partial charge is 0.441 e. The van der Waals surface area contributed by atoms with Crippen molar-refractivity contribution in [2.24, 2.45) is 16.5 Å². The third kappa shape index (κ3) is 2.10. The van der Waals surface area contributed by atoms with E-state index in [4.69, 9.17) is 20.6 Å². The number of aryl methyl sites for hydroxylation is 2. The van der Waals surface area contributed by atoms with Gasteiger partial charge >= 0.3 is 0 Å². The number of amides is 2. The SMILES string of the molecule is CCC1=NC(C)(c2oc(C)nc2CC)OC1(C(N)=O)C(N)=O. The number of primary amides is 2. The van der Waals surface area contributed by atoms with Gasteiger partial charge in [-0.15, -0.1) is 0 Å². The Kier molecular flexibility index (Phi) is 3.82. The van der Waals surface area contributed by atoms with E-state index < -0.39 is 23.1 Å². The Morgan fingerprint density at radius 1 is 1.18 bits per heavy atom. The van der Waals surface area contributed by atoms with E-state index in [1.54, 1.807) is 20.8 Å². The molecule has 1 aliphatic rings. The number of nitrogens with two attached hydrogens (primary N) is 2. The Morgan fingerprint density at radius 2 is 1.77 bits per heavy atom. The molecule has 0 fully saturated rings. The molecular weight excluding hydrogens is 288 g/mol. The topological polar surface area (TPSA) is 134 Å². The number of hydrogen-bond donors (Lipinski definition) is 2. The first-order valence-electron chi connectivity index (χ1n) is 7.07. The standard InChI is InChI=1S/C14H20N4O4/c1-5-8-10(21-7(3)17-8)13(4)18-9(6-2)14(22-13,11(15)19)12(16)20/h5-6H2,1-4H3,(H2,15,19)(H2,16,20). The molecule has 0 radical (unpaired) electrons. The molecule has 2 amide bonds. The first-order chi connectivity index (χ1) is 10.2. The van der Waals surface area contributed by atoms with Crippen molar-refractivity contribution in [3.8, 4) is 0 Å². The van der Waals surface area contributed by atoms with Crippen LogP contribution in [0.25, 0.3) is 0 Å². The van der Waals surface area contributed by atoms with Crippen LogP contribution in [0.2, 0.25) is 0 Å². The predicted octanol–water partition coefficient (Wildman–Crippen LogP) is 0.309. The molecule has 1 aliphatic heterocycles. The molecule has 1 aromatic heterocycles. The van der Waals surface area contributed by atoms with Gasteiger partial charge in [-0.1, -0.05) is 13.8 Å². The van der Waals surface area contributed by atoms with Crippen LogP contribution in [0.15, 0.2) is 9.41 Å². The van der Waals surface area contributed by atoms with Crippen LogP contribution in [0.5, 0.6) is 0 Å². The maximum Gasteiger partial charge on any atom is 0.265 e. The zero-order valence-electron chi connectivity index (χ0n) is 13.1. The van der Waals surface area contributed by atoms with Gasteiger partial charge in [0.1, 0.15) is 0 Å². The van der Waals surface area contributed by atoms with Crippen molar-refractivity contribution >= 4 is 17.5 Å². The molecule has 2 heterocycles. The summed E-state index contributed by atoms with van der Waals surface area (Å²) in [5.41, 5.74) is 8.16. The number of aliphatic imine (C=N–C) groups is 1. The lowest BCUT2D eigenvalue weighted by Crippen LogP contribution is -2.60. The summed E-state index contributed by atoms with van der Waals surface area (Å²) in [6.45, 7) is 6.93. The minimum absolute atomic E-state index is 0.186. The van der Waals surface area contributed by atoms with Crippen LogP contribution in [-0.4, -0.2) is 28.1 Å². The molecule has 0 aromatic carbocycles. The fourth-order valence-electron chi connectivity index (χ4n) is 2.72. The molecule has 22 heavy (non-hydrogen) atoms. The number of rotatable bonds is 5. The van der Waals surface area contributed by atoms with Crippen molar-refractivity contribution < 1.29 is 18.7 Å². The van der Waals surface area contributed by atoms with Crippen LogP contribution in [0.4, 0.5) is 0 Å². The average Bonchev–Trinajstić information content (AvgIpc) is 2.98. The maximum absolute atomic E-state index is 11.9. The van der Waals surface area contributed by atoms with Gasteiger partial charge in [-0.3, -0.25) is 9.59 Å². The van der Waals surface area contributed by atoms with Crippen LogP contribution in [0.1, 0.15) is 44.5 Å². The molecule has 0 spiro atoms. The van der Waals surface area contributed by atoms with E-state index in [0.29, 0.717) is 23.8 Å². The minimum atomic E-state index is -2.06. The van der Waals surface area contributed by atoms with Gasteiger partial charge in [0.15, 0.2) is 11.7 Å². The first-order valence-corrected chi connectivity index (χ1v) is 7.07. The highest BCUT2D eigenvalue weighted by Crippen LogP contribution is 2.41. The van der Waals surface area contributed by atoms with Gasteiger partial charge in [-0.05, 0) is 19.8 Å². The van der Waals surface area contributed by atoms with Crippen molar-refractivity contribution in [3.05, 3.63) is 17.3 Å². The van der Waals surface area contributed by atoms with Crippen molar-refractivity contribution in [1.82, 2.24) is 4.98 Å². The molecule has 8 nitrogen and oxygen atoms in total. The van der Waals surface area contributed by atoms with Crippen molar-refractivity contribution in [2.45, 2.75) is 51.9 Å². The number of hydrogen-bond acceptors (Lipinski definition) is 6. The second-order valence-corrected chi connectivity index (χ2v) is 5.27. The summed E-state index contributed by atoms with van der Waals surface area (Å²) < 4.78 is 11.3. The Morgan fingerprint density at radius 3 is 2.18 bits per heavy atom. The minimum Gasteiger partial charge on any atom is -0.441 e. The molecule has 120 valence electrons. The summed E-state index contributed by atoms with van der Waals surface area (Å²) in [5, 5.41) is 0. The summed E-state index contributed by atoms with van der Waals surface area (Å²) in [6.07, 6.45) is 0.874. The third-order valence-corrected chi connectivity index (χ3v) is 3.70. The smallest absolute Gasteiger partial charge is 0.265 e. The summed E-state index contributed by atoms with van der Waals surface area (Å²) in [4.78, 5) is 32.4. The Hall–Kier alpha value is -2.22. The van der Waals surface area contributed by atoms with E-state index in [1.807, 2.05) is 6.92 Å². The van der Waals surface area contributed by atoms with Gasteiger partial charge in [-0.2, -0.15) is 0 Å². The molecule has 8 heteroatoms. The number of carbonyl (C=O) groups excluding carboxylic acids is 2. The number of nitrogens with zero attached hydrogens (tertiary/aromatic N) is 2. The highest BCUT2D eigenvalue weighted by atomic mass is 16.6. The van der Waals surface area contributed by atoms with E-state index in [2.05, 4.69) is 9.98 Å². The van der Waals surface area contributed by atoms with Gasteiger partial charge < -0.3 is 20.6 Å². The zero-order chi connectivity index (χ0) is 16.7. The molecule has 0 saturated carbocycles. The highest BCUT2D eigenvalue weighted by Gasteiger charge is 2.59. The van der Waals surface area contributed by atoms with E-state index in [9.17, 15) is 9.59 Å². The van der Waals surface area contributed by atoms with Crippen LogP contribution in [0, 0.1) is 6.92 Å². The quantitative estimate of drug-likeness (QED) is 0.755. The van der Waals surface area contributed by atoms with Gasteiger partial charge in [0.25, 0.3) is 17.4 Å². The fourth-order valence-corrected chi connectivity index (χ4v) is 2.72. The molecule has 4 N–H and O–H groups in total. The Balaban J connectivity index is 2.62. The van der Waals surface area contributed by atoms with E-state index in [1.165, 1.54) is 0 Å². The van der Waals surface area contributed by atoms with Crippen molar-refractivity contribution in [1.29, 1.82) is 0 Å². The van der Waals surface area contributed by atoms with Gasteiger partial charge in [0, 0.05) is 6.92 Å². The lowest BCUT2D eigenvalue weighted by atomic mass is 9.94. The summed E-state index contributed by atoms with van der Waals surface area (Å²) in [7, 11) is 0. The Labute approximate surface area is 127 Å². The zero-order valence-corrected chi connectivity index (χ0v) is 13.1. The van der Waals surface area contributed by atoms with Gasteiger partial charge in [0.2, 0.25) is 5.72 Å². The van der Waals surface area contributed by atoms with Gasteiger partial charge in [-0.25, -0.2) is 9.98 Å². The lowest BCUT2D eigenvalue weighted by molar-refractivity contribution is -0.162. The normalized spacial score (nSPS) is 23.4. The Bertz CT molecular complexity index is 650. The molecule has 2 rings (SSSR count). The second-order valence-electron chi connectivity index (χ2n) is 5.27. The number of aromatic nitrogens is 1. The molecule has 1 unspecified atom stereocenters. The number of oxazole rings is 1. The summed E-state index contributed by atoms with van der Waals surface area (Å²) >= 11 is 0. The first kappa shape index (κ1) is 16.2. The predicted molar refractivity (Wildman–Crippen MR) is 77.9 cm³/mol. The van der Waals surface area contributed by atoms with Crippen molar-refractivity contribution in [3.63, 3.8) is 0 Å². The molecule has 1 atom stereocenters. The summed E-state index contributed by atoms with van der Waals surface area (Å²) in [5.74, 6) is -1.18. The van der Waals surface area contributed by atoms with Gasteiger partial charge in [0.05, 0.1) is 11.4 Å².